The number of carbonyl (C=O) groups excluding carboxylic acids is 2. The van der Waals surface area contributed by atoms with E-state index in [9.17, 15) is 9.59 Å². The van der Waals surface area contributed by atoms with E-state index in [2.05, 4.69) is 45.1 Å². The third kappa shape index (κ3) is 7.82. The molecule has 2 aliphatic rings. The first-order valence-electron chi connectivity index (χ1n) is 14.2. The zero-order valence-electron chi connectivity index (χ0n) is 24.4. The Morgan fingerprint density at radius 1 is 0.717 bits per heavy atom. The highest BCUT2D eigenvalue weighted by Gasteiger charge is 2.29. The predicted molar refractivity (Wildman–Crippen MR) is 172 cm³/mol. The number of nitrogens with zero attached hydrogens (tertiary/aromatic N) is 8. The lowest BCUT2D eigenvalue weighted by Crippen LogP contribution is -2.25. The van der Waals surface area contributed by atoms with Crippen molar-refractivity contribution in [1.29, 1.82) is 21.0 Å². The summed E-state index contributed by atoms with van der Waals surface area (Å²) in [5.74, 6) is -0.543. The van der Waals surface area contributed by atoms with Crippen molar-refractivity contribution < 1.29 is 9.59 Å². The van der Waals surface area contributed by atoms with E-state index < -0.39 is 0 Å². The van der Waals surface area contributed by atoms with Gasteiger partial charge >= 0.3 is 0 Å². The van der Waals surface area contributed by atoms with Crippen molar-refractivity contribution in [3.63, 3.8) is 0 Å². The van der Waals surface area contributed by atoms with Crippen LogP contribution in [0.2, 0.25) is 0 Å². The first kappa shape index (κ1) is 31.6. The second kappa shape index (κ2) is 14.8. The van der Waals surface area contributed by atoms with Crippen LogP contribution < -0.4 is 10.6 Å². The van der Waals surface area contributed by atoms with Crippen molar-refractivity contribution in [2.45, 2.75) is 12.8 Å². The summed E-state index contributed by atoms with van der Waals surface area (Å²) in [7, 11) is 0. The van der Waals surface area contributed by atoms with E-state index in [1.165, 1.54) is 22.7 Å². The minimum atomic E-state index is -0.177. The van der Waals surface area contributed by atoms with Gasteiger partial charge in [0.25, 0.3) is 0 Å². The van der Waals surface area contributed by atoms with Gasteiger partial charge in [0.05, 0.1) is 44.9 Å². The summed E-state index contributed by atoms with van der Waals surface area (Å²) in [6.07, 6.45) is 8.89. The second-order valence-electron chi connectivity index (χ2n) is 10.5. The van der Waals surface area contributed by atoms with Crippen molar-refractivity contribution in [1.82, 2.24) is 19.8 Å². The van der Waals surface area contributed by atoms with Crippen LogP contribution in [0.3, 0.4) is 0 Å². The summed E-state index contributed by atoms with van der Waals surface area (Å²) in [6, 6.07) is 18.7. The SMILES string of the molecule is N#Cc1ccc(-c2cnc(NC(=O)[C@H]3CCN(C#N)C3)s2)cc1.N#Cc1cccc(-c2cnc(NC(=O)[C@H]3CCN(C#N)C3)s2)c1. The topological polar surface area (TPSA) is 186 Å². The average molecular weight is 647 g/mol. The van der Waals surface area contributed by atoms with E-state index in [1.54, 1.807) is 46.5 Å². The number of anilines is 2. The molecule has 2 atom stereocenters. The number of rotatable bonds is 6. The average Bonchev–Trinajstić information content (AvgIpc) is 3.92. The fraction of sp³-hybridized carbons (Fsp3) is 0.250. The zero-order chi connectivity index (χ0) is 32.5. The lowest BCUT2D eigenvalue weighted by Gasteiger charge is -2.08. The lowest BCUT2D eigenvalue weighted by molar-refractivity contribution is -0.120. The third-order valence-corrected chi connectivity index (χ3v) is 9.37. The molecule has 4 aromatic rings. The number of nitrogens with one attached hydrogen (secondary N) is 2. The van der Waals surface area contributed by atoms with Gasteiger partial charge in [0, 0.05) is 38.6 Å². The Morgan fingerprint density at radius 3 is 1.72 bits per heavy atom. The summed E-state index contributed by atoms with van der Waals surface area (Å²) < 4.78 is 0. The van der Waals surface area contributed by atoms with Gasteiger partial charge in [-0.1, -0.05) is 46.9 Å². The molecule has 2 N–H and O–H groups in total. The Balaban J connectivity index is 0.000000181. The van der Waals surface area contributed by atoms with Gasteiger partial charge in [-0.25, -0.2) is 9.97 Å². The number of carbonyl (C=O) groups is 2. The van der Waals surface area contributed by atoms with Crippen molar-refractivity contribution in [2.24, 2.45) is 11.8 Å². The van der Waals surface area contributed by atoms with E-state index >= 15 is 0 Å². The Bertz CT molecular complexity index is 1890. The normalized spacial score (nSPS) is 16.6. The van der Waals surface area contributed by atoms with Crippen LogP contribution in [-0.4, -0.2) is 57.8 Å². The number of benzene rings is 2. The van der Waals surface area contributed by atoms with Gasteiger partial charge < -0.3 is 20.4 Å². The molecule has 2 aromatic heterocycles. The van der Waals surface area contributed by atoms with E-state index in [-0.39, 0.29) is 23.7 Å². The molecule has 0 bridgehead atoms. The van der Waals surface area contributed by atoms with Gasteiger partial charge in [-0.05, 0) is 48.2 Å². The van der Waals surface area contributed by atoms with E-state index in [0.717, 1.165) is 20.9 Å². The zero-order valence-corrected chi connectivity index (χ0v) is 26.0. The number of hydrogen-bond donors (Lipinski definition) is 2. The Labute approximate surface area is 273 Å². The summed E-state index contributed by atoms with van der Waals surface area (Å²) in [6.45, 7) is 2.18. The molecule has 228 valence electrons. The second-order valence-corrected chi connectivity index (χ2v) is 12.5. The van der Waals surface area contributed by atoms with E-state index in [0.29, 0.717) is 60.4 Å². The Morgan fingerprint density at radius 2 is 1.24 bits per heavy atom. The maximum atomic E-state index is 12.2. The largest absolute Gasteiger partial charge is 0.310 e. The van der Waals surface area contributed by atoms with E-state index in [1.807, 2.05) is 24.3 Å². The molecule has 2 amide bonds. The van der Waals surface area contributed by atoms with Crippen LogP contribution in [0.15, 0.2) is 60.9 Å². The maximum Gasteiger partial charge on any atom is 0.231 e. The fourth-order valence-corrected chi connectivity index (χ4v) is 6.57. The molecular formula is C32H26N10O2S2. The molecule has 4 heterocycles. The third-order valence-electron chi connectivity index (χ3n) is 7.45. The number of hydrogen-bond acceptors (Lipinski definition) is 12. The van der Waals surface area contributed by atoms with Crippen LogP contribution in [0.5, 0.6) is 0 Å². The number of likely N-dealkylation sites (tertiary alicyclic amines) is 2. The number of aromatic nitrogens is 2. The van der Waals surface area contributed by atoms with Crippen molar-refractivity contribution in [3.05, 3.63) is 72.1 Å². The molecular weight excluding hydrogens is 621 g/mol. The van der Waals surface area contributed by atoms with Crippen LogP contribution >= 0.6 is 22.7 Å². The molecule has 14 heteroatoms. The van der Waals surface area contributed by atoms with Crippen molar-refractivity contribution in [2.75, 3.05) is 36.8 Å². The number of nitriles is 4. The van der Waals surface area contributed by atoms with Crippen LogP contribution in [0, 0.1) is 57.4 Å². The van der Waals surface area contributed by atoms with Gasteiger partial charge in [-0.2, -0.15) is 21.0 Å². The van der Waals surface area contributed by atoms with Gasteiger partial charge in [0.1, 0.15) is 0 Å². The van der Waals surface area contributed by atoms with Crippen LogP contribution in [-0.2, 0) is 9.59 Å². The molecule has 0 aliphatic carbocycles. The molecule has 2 aliphatic heterocycles. The monoisotopic (exact) mass is 646 g/mol. The molecule has 0 saturated carbocycles. The fourth-order valence-electron chi connectivity index (χ4n) is 4.93. The molecule has 0 spiro atoms. The molecule has 46 heavy (non-hydrogen) atoms. The molecule has 0 radical (unpaired) electrons. The highest BCUT2D eigenvalue weighted by Crippen LogP contribution is 2.31. The highest BCUT2D eigenvalue weighted by molar-refractivity contribution is 7.19. The minimum absolute atomic E-state index is 0.0940. The van der Waals surface area contributed by atoms with Gasteiger partial charge in [0.15, 0.2) is 22.6 Å². The molecule has 2 fully saturated rings. The van der Waals surface area contributed by atoms with Crippen LogP contribution in [0.4, 0.5) is 10.3 Å². The first-order chi connectivity index (χ1) is 22.4. The lowest BCUT2D eigenvalue weighted by atomic mass is 10.1. The van der Waals surface area contributed by atoms with Crippen LogP contribution in [0.25, 0.3) is 20.9 Å². The predicted octanol–water partition coefficient (Wildman–Crippen LogP) is 4.85. The smallest absolute Gasteiger partial charge is 0.231 e. The first-order valence-corrected chi connectivity index (χ1v) is 15.9. The van der Waals surface area contributed by atoms with Gasteiger partial charge in [-0.15, -0.1) is 0 Å². The summed E-state index contributed by atoms with van der Waals surface area (Å²) in [4.78, 5) is 37.8. The standard InChI is InChI=1S/2C16H13N5OS/c17-7-11-1-3-12(4-2-11)14-8-19-16(23-14)20-15(22)13-5-6-21(9-13)10-18;17-7-11-2-1-3-12(6-11)14-8-19-16(23-14)20-15(22)13-4-5-21(9-13)10-18/h1-4,8,13H,5-6,9H2,(H,19,20,22);1-3,6,8,13H,4-5,9H2,(H,19,20,22)/t2*13-/m00/s1. The Hall–Kier alpha value is -5.80. The quantitative estimate of drug-likeness (QED) is 0.274. The number of thiazole rings is 2. The summed E-state index contributed by atoms with van der Waals surface area (Å²) >= 11 is 2.76. The Kier molecular flexibility index (Phi) is 10.2. The highest BCUT2D eigenvalue weighted by atomic mass is 32.1. The summed E-state index contributed by atoms with van der Waals surface area (Å²) in [5.41, 5.74) is 3.05. The molecule has 12 nitrogen and oxygen atoms in total. The summed E-state index contributed by atoms with van der Waals surface area (Å²) in [5, 5.41) is 42.1. The maximum absolute atomic E-state index is 12.2. The molecule has 2 saturated heterocycles. The minimum Gasteiger partial charge on any atom is -0.310 e. The van der Waals surface area contributed by atoms with Gasteiger partial charge in [-0.3, -0.25) is 9.59 Å². The van der Waals surface area contributed by atoms with E-state index in [4.69, 9.17) is 21.0 Å². The van der Waals surface area contributed by atoms with Gasteiger partial charge in [0.2, 0.25) is 11.8 Å². The van der Waals surface area contributed by atoms with Crippen LogP contribution in [0.1, 0.15) is 24.0 Å². The molecule has 0 unspecified atom stereocenters. The molecule has 2 aromatic carbocycles. The van der Waals surface area contributed by atoms with Crippen molar-refractivity contribution >= 4 is 44.8 Å². The molecule has 6 rings (SSSR count). The van der Waals surface area contributed by atoms with Crippen molar-refractivity contribution in [3.8, 4) is 45.4 Å². The number of amides is 2.